The summed E-state index contributed by atoms with van der Waals surface area (Å²) in [5.41, 5.74) is 2.38. The second-order valence-electron chi connectivity index (χ2n) is 8.32. The van der Waals surface area contributed by atoms with Crippen molar-refractivity contribution in [3.8, 4) is 17.0 Å². The Hall–Kier alpha value is -3.77. The number of imidazole rings is 1. The zero-order valence-electron chi connectivity index (χ0n) is 19.5. The van der Waals surface area contributed by atoms with Crippen LogP contribution in [0.15, 0.2) is 59.7 Å². The lowest BCUT2D eigenvalue weighted by atomic mass is 10.1. The van der Waals surface area contributed by atoms with Crippen molar-refractivity contribution < 1.29 is 27.1 Å². The molecule has 0 saturated carbocycles. The van der Waals surface area contributed by atoms with E-state index < -0.39 is 15.9 Å². The van der Waals surface area contributed by atoms with Crippen LogP contribution >= 0.6 is 0 Å². The molecule has 0 radical (unpaired) electrons. The van der Waals surface area contributed by atoms with E-state index in [4.69, 9.17) is 9.47 Å². The number of halogens is 1. The van der Waals surface area contributed by atoms with Gasteiger partial charge >= 0.3 is 0 Å². The molecule has 0 atom stereocenters. The third-order valence-corrected chi connectivity index (χ3v) is 7.52. The predicted molar refractivity (Wildman–Crippen MR) is 131 cm³/mol. The molecule has 12 heteroatoms. The first-order valence-corrected chi connectivity index (χ1v) is 12.8. The number of carbonyl (C=O) groups excluding carboxylic acids is 1. The Morgan fingerprint density at radius 3 is 2.72 bits per heavy atom. The molecule has 0 unspecified atom stereocenters. The Kier molecular flexibility index (Phi) is 6.46. The maximum atomic E-state index is 13.7. The number of pyridine rings is 2. The van der Waals surface area contributed by atoms with Gasteiger partial charge in [0.2, 0.25) is 5.88 Å². The van der Waals surface area contributed by atoms with Crippen molar-refractivity contribution in [2.45, 2.75) is 12.8 Å². The number of aromatic nitrogens is 3. The molecule has 1 aliphatic heterocycles. The van der Waals surface area contributed by atoms with Crippen molar-refractivity contribution in [1.82, 2.24) is 19.3 Å². The summed E-state index contributed by atoms with van der Waals surface area (Å²) in [5, 5.41) is 0. The van der Waals surface area contributed by atoms with Crippen molar-refractivity contribution in [3.05, 3.63) is 65.4 Å². The van der Waals surface area contributed by atoms with E-state index in [9.17, 15) is 17.6 Å². The van der Waals surface area contributed by atoms with Crippen molar-refractivity contribution in [3.63, 3.8) is 0 Å². The van der Waals surface area contributed by atoms with Crippen molar-refractivity contribution in [2.75, 3.05) is 38.1 Å². The van der Waals surface area contributed by atoms with Gasteiger partial charge in [0.1, 0.15) is 22.9 Å². The fourth-order valence-electron chi connectivity index (χ4n) is 4.14. The van der Waals surface area contributed by atoms with Gasteiger partial charge in [-0.15, -0.1) is 0 Å². The van der Waals surface area contributed by atoms with Gasteiger partial charge in [-0.2, -0.15) is 0 Å². The van der Waals surface area contributed by atoms with Crippen LogP contribution in [0.5, 0.6) is 5.88 Å². The Morgan fingerprint density at radius 2 is 1.97 bits per heavy atom. The topological polar surface area (TPSA) is 115 Å². The minimum atomic E-state index is -4.02. The summed E-state index contributed by atoms with van der Waals surface area (Å²) in [4.78, 5) is 23.3. The van der Waals surface area contributed by atoms with E-state index in [2.05, 4.69) is 14.7 Å². The number of morpholine rings is 1. The van der Waals surface area contributed by atoms with Gasteiger partial charge in [0.15, 0.2) is 0 Å². The average Bonchev–Trinajstić information content (AvgIpc) is 3.32. The van der Waals surface area contributed by atoms with Gasteiger partial charge in [-0.25, -0.2) is 22.8 Å². The van der Waals surface area contributed by atoms with Gasteiger partial charge in [0.25, 0.3) is 15.9 Å². The van der Waals surface area contributed by atoms with Gasteiger partial charge < -0.3 is 14.4 Å². The number of amides is 1. The fraction of sp³-hybridized carbons (Fsp3) is 0.292. The van der Waals surface area contributed by atoms with Crippen LogP contribution in [0.3, 0.4) is 0 Å². The van der Waals surface area contributed by atoms with Crippen LogP contribution in [0.1, 0.15) is 23.3 Å². The molecule has 188 valence electrons. The number of nitrogens with zero attached hydrogens (tertiary/aromatic N) is 4. The molecule has 1 fully saturated rings. The van der Waals surface area contributed by atoms with Crippen LogP contribution in [-0.2, 0) is 14.8 Å². The molecule has 4 heterocycles. The number of rotatable bonds is 6. The molecule has 1 aliphatic carbocycles. The van der Waals surface area contributed by atoms with Gasteiger partial charge in [0.05, 0.1) is 31.4 Å². The number of fused-ring (bicyclic) bond motifs is 1. The molecular weight excluding hydrogens is 489 g/mol. The number of allylic oxidation sites excluding steroid dienone is 4. The van der Waals surface area contributed by atoms with Gasteiger partial charge in [-0.05, 0) is 43.2 Å². The normalized spacial score (nSPS) is 16.4. The van der Waals surface area contributed by atoms with E-state index in [-0.39, 0.29) is 28.8 Å². The molecule has 36 heavy (non-hydrogen) atoms. The molecule has 2 aliphatic rings. The number of ether oxygens (including phenoxy) is 2. The molecule has 3 aromatic heterocycles. The van der Waals surface area contributed by atoms with Crippen molar-refractivity contribution in [2.24, 2.45) is 0 Å². The first-order valence-electron chi connectivity index (χ1n) is 11.3. The third kappa shape index (κ3) is 4.69. The third-order valence-electron chi connectivity index (χ3n) is 6.02. The number of hydrogen-bond donors (Lipinski definition) is 1. The highest BCUT2D eigenvalue weighted by Crippen LogP contribution is 2.32. The Labute approximate surface area is 207 Å². The minimum absolute atomic E-state index is 0.0546. The Morgan fingerprint density at radius 1 is 1.17 bits per heavy atom. The van der Waals surface area contributed by atoms with E-state index in [1.54, 1.807) is 39.9 Å². The summed E-state index contributed by atoms with van der Waals surface area (Å²) in [6, 6.07) is 5.15. The molecule has 5 rings (SSSR count). The number of nitrogens with one attached hydrogen (secondary N) is 1. The van der Waals surface area contributed by atoms with Crippen LogP contribution in [0.4, 0.5) is 10.1 Å². The first-order chi connectivity index (χ1) is 17.4. The summed E-state index contributed by atoms with van der Waals surface area (Å²) in [7, 11) is -2.64. The largest absolute Gasteiger partial charge is 0.480 e. The Balaban J connectivity index is 1.49. The summed E-state index contributed by atoms with van der Waals surface area (Å²) >= 11 is 0. The highest BCUT2D eigenvalue weighted by Gasteiger charge is 2.24. The second-order valence-corrected chi connectivity index (χ2v) is 10.1. The van der Waals surface area contributed by atoms with E-state index in [1.807, 2.05) is 0 Å². The van der Waals surface area contributed by atoms with Crippen LogP contribution in [0.25, 0.3) is 16.8 Å². The van der Waals surface area contributed by atoms with Crippen molar-refractivity contribution in [1.29, 1.82) is 0 Å². The van der Waals surface area contributed by atoms with Gasteiger partial charge in [-0.3, -0.25) is 13.9 Å². The Bertz CT molecular complexity index is 1490. The molecule has 1 N–H and O–H groups in total. The lowest BCUT2D eigenvalue weighted by molar-refractivity contribution is 0.0298. The highest BCUT2D eigenvalue weighted by molar-refractivity contribution is 7.96. The number of sulfonamides is 1. The second kappa shape index (κ2) is 9.70. The van der Waals surface area contributed by atoms with Crippen LogP contribution in [-0.4, -0.2) is 67.0 Å². The van der Waals surface area contributed by atoms with E-state index >= 15 is 0 Å². The first kappa shape index (κ1) is 23.9. The zero-order valence-corrected chi connectivity index (χ0v) is 20.3. The van der Waals surface area contributed by atoms with Crippen LogP contribution in [0, 0.1) is 0 Å². The lowest BCUT2D eigenvalue weighted by Gasteiger charge is -2.26. The highest BCUT2D eigenvalue weighted by atomic mass is 32.2. The zero-order chi connectivity index (χ0) is 25.3. The van der Waals surface area contributed by atoms with Gasteiger partial charge in [0, 0.05) is 36.6 Å². The van der Waals surface area contributed by atoms with E-state index in [0.29, 0.717) is 55.2 Å². The quantitative estimate of drug-likeness (QED) is 0.538. The number of hydrogen-bond acceptors (Lipinski definition) is 7. The molecule has 10 nitrogen and oxygen atoms in total. The molecule has 0 aromatic carbocycles. The fourth-order valence-corrected chi connectivity index (χ4v) is 5.36. The maximum absolute atomic E-state index is 13.7. The molecule has 1 amide bonds. The summed E-state index contributed by atoms with van der Waals surface area (Å²) in [6.07, 6.45) is 7.66. The predicted octanol–water partition coefficient (Wildman–Crippen LogP) is 3.15. The molecule has 0 spiro atoms. The number of anilines is 1. The van der Waals surface area contributed by atoms with E-state index in [1.165, 1.54) is 19.4 Å². The maximum Gasteiger partial charge on any atom is 0.272 e. The van der Waals surface area contributed by atoms with Crippen molar-refractivity contribution >= 4 is 27.3 Å². The van der Waals surface area contributed by atoms with Gasteiger partial charge in [-0.1, -0.05) is 0 Å². The number of carbonyl (C=O) groups is 1. The molecule has 1 saturated heterocycles. The van der Waals surface area contributed by atoms with Crippen LogP contribution in [0.2, 0.25) is 0 Å². The monoisotopic (exact) mass is 513 g/mol. The number of methoxy groups -OCH3 is 1. The molecular formula is C24H24FN5O5S. The summed E-state index contributed by atoms with van der Waals surface area (Å²) in [6.45, 7) is 2.00. The molecule has 3 aromatic rings. The SMILES string of the molecule is COc1ncc(-c2ccc3ncc(C(=O)N4CCOCC4)n3c2)cc1NS(=O)(=O)C1=CC(F)=CCC1. The van der Waals surface area contributed by atoms with E-state index in [0.717, 1.165) is 6.08 Å². The summed E-state index contributed by atoms with van der Waals surface area (Å²) < 4.78 is 54.2. The van der Waals surface area contributed by atoms with Crippen LogP contribution < -0.4 is 9.46 Å². The standard InChI is InChI=1S/C24H24FN5O5S/c1-34-23-20(28-36(32,33)19-4-2-3-18(25)12-19)11-17(13-27-23)16-5-6-22-26-14-21(30(22)15-16)24(31)29-7-9-35-10-8-29/h3,5-6,11-15,28H,2,4,7-10H2,1H3. The average molecular weight is 514 g/mol. The molecule has 0 bridgehead atoms. The minimum Gasteiger partial charge on any atom is -0.480 e. The lowest BCUT2D eigenvalue weighted by Crippen LogP contribution is -2.41. The summed E-state index contributed by atoms with van der Waals surface area (Å²) in [5.74, 6) is -0.663. The smallest absolute Gasteiger partial charge is 0.272 e.